The number of piperidine rings is 1. The maximum Gasteiger partial charge on any atom is 0.323 e. The van der Waals surface area contributed by atoms with Crippen molar-refractivity contribution in [2.75, 3.05) is 33.3 Å². The molecule has 2 atom stereocenters. The van der Waals surface area contributed by atoms with Crippen LogP contribution in [0.5, 0.6) is 0 Å². The highest BCUT2D eigenvalue weighted by Gasteiger charge is 2.42. The number of benzene rings is 1. The van der Waals surface area contributed by atoms with Crippen LogP contribution in [0.3, 0.4) is 0 Å². The smallest absolute Gasteiger partial charge is 0.323 e. The summed E-state index contributed by atoms with van der Waals surface area (Å²) in [5.74, 6) is -0.460. The molecular formula is C22H29N5O3S. The molecule has 9 heteroatoms. The Kier molecular flexibility index (Phi) is 7.26. The van der Waals surface area contributed by atoms with Crippen molar-refractivity contribution in [3.05, 3.63) is 47.8 Å². The van der Waals surface area contributed by atoms with Crippen LogP contribution in [-0.2, 0) is 16.0 Å². The summed E-state index contributed by atoms with van der Waals surface area (Å²) in [7, 11) is 1.43. The number of likely N-dealkylation sites (tertiary alicyclic amines) is 2. The van der Waals surface area contributed by atoms with Gasteiger partial charge >= 0.3 is 5.97 Å². The second kappa shape index (κ2) is 10.3. The summed E-state index contributed by atoms with van der Waals surface area (Å²) >= 11 is 1.01. The maximum atomic E-state index is 12.4. The van der Waals surface area contributed by atoms with Crippen LogP contribution in [0.2, 0.25) is 0 Å². The monoisotopic (exact) mass is 443 g/mol. The van der Waals surface area contributed by atoms with E-state index in [0.717, 1.165) is 50.6 Å². The van der Waals surface area contributed by atoms with Gasteiger partial charge in [-0.1, -0.05) is 30.3 Å². The average molecular weight is 444 g/mol. The summed E-state index contributed by atoms with van der Waals surface area (Å²) in [4.78, 5) is 29.6. The molecule has 1 N–H and O–H groups in total. The highest BCUT2D eigenvalue weighted by atomic mass is 32.1. The van der Waals surface area contributed by atoms with Crippen LogP contribution in [0, 0.1) is 0 Å². The molecular weight excluding hydrogens is 414 g/mol. The Bertz CT molecular complexity index is 855. The summed E-state index contributed by atoms with van der Waals surface area (Å²) in [6.45, 7) is 3.74. The third-order valence-electron chi connectivity index (χ3n) is 6.33. The van der Waals surface area contributed by atoms with Gasteiger partial charge in [0.05, 0.1) is 25.0 Å². The Labute approximate surface area is 186 Å². The lowest BCUT2D eigenvalue weighted by Gasteiger charge is -2.38. The average Bonchev–Trinajstić information content (AvgIpc) is 3.49. The minimum absolute atomic E-state index is 0.102. The van der Waals surface area contributed by atoms with Gasteiger partial charge in [0.1, 0.15) is 6.04 Å². The molecule has 4 rings (SSSR count). The summed E-state index contributed by atoms with van der Waals surface area (Å²) in [5.41, 5.74) is 1.69. The number of hydrogen-bond acceptors (Lipinski definition) is 8. The summed E-state index contributed by atoms with van der Waals surface area (Å²) in [6.07, 6.45) is 5.11. The number of rotatable bonds is 7. The first-order chi connectivity index (χ1) is 15.1. The fraction of sp³-hybridized carbons (Fsp3) is 0.545. The molecule has 1 amide bonds. The summed E-state index contributed by atoms with van der Waals surface area (Å²) in [5, 5.41) is 3.01. The van der Waals surface area contributed by atoms with E-state index in [1.165, 1.54) is 18.9 Å². The van der Waals surface area contributed by atoms with E-state index in [2.05, 4.69) is 48.1 Å². The Hall–Kier alpha value is -2.36. The van der Waals surface area contributed by atoms with Gasteiger partial charge < -0.3 is 15.0 Å². The van der Waals surface area contributed by atoms with E-state index in [0.29, 0.717) is 24.7 Å². The van der Waals surface area contributed by atoms with Crippen molar-refractivity contribution in [2.45, 2.75) is 43.8 Å². The van der Waals surface area contributed by atoms with Crippen molar-refractivity contribution in [3.8, 4) is 0 Å². The molecule has 2 aromatic rings. The number of nitrogens with one attached hydrogen (secondary N) is 1. The van der Waals surface area contributed by atoms with Crippen molar-refractivity contribution in [3.63, 3.8) is 0 Å². The molecule has 3 heterocycles. The molecule has 2 aliphatic heterocycles. The zero-order valence-corrected chi connectivity index (χ0v) is 18.6. The number of carbonyl (C=O) groups excluding carboxylic acids is 2. The van der Waals surface area contributed by atoms with Gasteiger partial charge in [-0.2, -0.15) is 8.75 Å². The zero-order chi connectivity index (χ0) is 21.6. The molecule has 0 unspecified atom stereocenters. The third kappa shape index (κ3) is 5.47. The fourth-order valence-corrected chi connectivity index (χ4v) is 5.08. The number of esters is 1. The largest absolute Gasteiger partial charge is 0.468 e. The van der Waals surface area contributed by atoms with Gasteiger partial charge in [-0.05, 0) is 44.3 Å². The second-order valence-corrected chi connectivity index (χ2v) is 8.80. The Morgan fingerprint density at radius 1 is 1.23 bits per heavy atom. The molecule has 31 heavy (non-hydrogen) atoms. The van der Waals surface area contributed by atoms with E-state index in [9.17, 15) is 9.59 Å². The van der Waals surface area contributed by atoms with Gasteiger partial charge in [0.25, 0.3) is 5.91 Å². The Morgan fingerprint density at radius 2 is 2.00 bits per heavy atom. The van der Waals surface area contributed by atoms with Crippen molar-refractivity contribution in [1.82, 2.24) is 23.9 Å². The van der Waals surface area contributed by atoms with Gasteiger partial charge in [-0.25, -0.2) is 0 Å². The SMILES string of the molecule is COC(=O)[C@@H]1C[C@@H](NC(=O)c2cnsn2)CN1C1CCN(CCc2ccccc2)CC1. The zero-order valence-electron chi connectivity index (χ0n) is 17.8. The van der Waals surface area contributed by atoms with E-state index in [1.54, 1.807) is 0 Å². The molecule has 8 nitrogen and oxygen atoms in total. The predicted octanol–water partition coefficient (Wildman–Crippen LogP) is 1.59. The number of ether oxygens (including phenoxy) is 1. The quantitative estimate of drug-likeness (QED) is 0.650. The van der Waals surface area contributed by atoms with Crippen LogP contribution >= 0.6 is 11.7 Å². The minimum atomic E-state index is -0.315. The molecule has 1 aromatic carbocycles. The Balaban J connectivity index is 1.31. The van der Waals surface area contributed by atoms with Gasteiger partial charge in [0, 0.05) is 25.2 Å². The molecule has 0 bridgehead atoms. The molecule has 166 valence electrons. The number of nitrogens with zero attached hydrogens (tertiary/aromatic N) is 4. The van der Waals surface area contributed by atoms with Gasteiger partial charge in [-0.15, -0.1) is 0 Å². The number of amides is 1. The predicted molar refractivity (Wildman–Crippen MR) is 118 cm³/mol. The number of hydrogen-bond donors (Lipinski definition) is 1. The first kappa shape index (κ1) is 21.9. The fourth-order valence-electron chi connectivity index (χ4n) is 4.67. The standard InChI is InChI=1S/C22H29N5O3S/c1-30-22(29)20-13-17(24-21(28)19-14-23-31-25-19)15-27(20)18-8-11-26(12-9-18)10-7-16-5-3-2-4-6-16/h2-6,14,17-18,20H,7-13,15H2,1H3,(H,24,28)/t17-,20+/m1/s1. The molecule has 0 saturated carbocycles. The van der Waals surface area contributed by atoms with Crippen molar-refractivity contribution in [2.24, 2.45) is 0 Å². The summed E-state index contributed by atoms with van der Waals surface area (Å²) < 4.78 is 12.9. The van der Waals surface area contributed by atoms with E-state index >= 15 is 0 Å². The lowest BCUT2D eigenvalue weighted by molar-refractivity contribution is -0.147. The number of aromatic nitrogens is 2. The topological polar surface area (TPSA) is 87.7 Å². The molecule has 2 aliphatic rings. The van der Waals surface area contributed by atoms with E-state index in [1.807, 2.05) is 6.07 Å². The highest BCUT2D eigenvalue weighted by Crippen LogP contribution is 2.27. The molecule has 1 aromatic heterocycles. The first-order valence-electron chi connectivity index (χ1n) is 10.8. The van der Waals surface area contributed by atoms with Crippen molar-refractivity contribution in [1.29, 1.82) is 0 Å². The van der Waals surface area contributed by atoms with Crippen molar-refractivity contribution >= 4 is 23.6 Å². The van der Waals surface area contributed by atoms with Gasteiger partial charge in [-0.3, -0.25) is 14.5 Å². The van der Waals surface area contributed by atoms with Crippen LogP contribution in [0.1, 0.15) is 35.3 Å². The second-order valence-electron chi connectivity index (χ2n) is 8.24. The number of methoxy groups -OCH3 is 1. The molecule has 0 spiro atoms. The summed E-state index contributed by atoms with van der Waals surface area (Å²) in [6, 6.07) is 10.5. The molecule has 0 radical (unpaired) electrons. The Morgan fingerprint density at radius 3 is 2.68 bits per heavy atom. The maximum absolute atomic E-state index is 12.4. The molecule has 2 fully saturated rings. The van der Waals surface area contributed by atoms with E-state index in [4.69, 9.17) is 4.74 Å². The van der Waals surface area contributed by atoms with E-state index in [-0.39, 0.29) is 24.0 Å². The number of carbonyl (C=O) groups is 2. The normalized spacial score (nSPS) is 23.0. The van der Waals surface area contributed by atoms with Crippen molar-refractivity contribution < 1.29 is 14.3 Å². The third-order valence-corrected chi connectivity index (χ3v) is 6.81. The first-order valence-corrected chi connectivity index (χ1v) is 11.6. The lowest BCUT2D eigenvalue weighted by atomic mass is 10.0. The lowest BCUT2D eigenvalue weighted by Crippen LogP contribution is -2.49. The van der Waals surface area contributed by atoms with Crippen LogP contribution < -0.4 is 5.32 Å². The van der Waals surface area contributed by atoms with Gasteiger partial charge in [0.2, 0.25) is 0 Å². The van der Waals surface area contributed by atoms with Crippen LogP contribution in [-0.4, -0.2) is 81.8 Å². The minimum Gasteiger partial charge on any atom is -0.468 e. The van der Waals surface area contributed by atoms with E-state index < -0.39 is 0 Å². The van der Waals surface area contributed by atoms with Crippen LogP contribution in [0.25, 0.3) is 0 Å². The molecule has 0 aliphatic carbocycles. The highest BCUT2D eigenvalue weighted by molar-refractivity contribution is 6.99. The van der Waals surface area contributed by atoms with Crippen LogP contribution in [0.4, 0.5) is 0 Å². The van der Waals surface area contributed by atoms with Crippen LogP contribution in [0.15, 0.2) is 36.5 Å². The molecule has 2 saturated heterocycles. The van der Waals surface area contributed by atoms with Gasteiger partial charge in [0.15, 0.2) is 5.69 Å².